The number of rotatable bonds is 21. The molecule has 5 heteroatoms. The molecule has 0 heterocycles. The normalized spacial score (nSPS) is 10.9. The van der Waals surface area contributed by atoms with Crippen LogP contribution < -0.4 is 10.6 Å². The van der Waals surface area contributed by atoms with E-state index in [0.717, 1.165) is 13.0 Å². The summed E-state index contributed by atoms with van der Waals surface area (Å²) in [7, 11) is 0. The summed E-state index contributed by atoms with van der Waals surface area (Å²) >= 11 is 0. The first kappa shape index (κ1) is 30.2. The van der Waals surface area contributed by atoms with E-state index >= 15 is 0 Å². The summed E-state index contributed by atoms with van der Waals surface area (Å²) in [6.07, 6.45) is 18.9. The van der Waals surface area contributed by atoms with Gasteiger partial charge in [0, 0.05) is 24.3 Å². The van der Waals surface area contributed by atoms with E-state index in [4.69, 9.17) is 0 Å². The van der Waals surface area contributed by atoms with Gasteiger partial charge in [0.05, 0.1) is 6.54 Å². The monoisotopic (exact) mass is 473 g/mol. The first-order valence-electron chi connectivity index (χ1n) is 14.0. The number of carbonyl (C=O) groups is 2. The molecule has 0 aliphatic rings. The van der Waals surface area contributed by atoms with Gasteiger partial charge in [0.1, 0.15) is 0 Å². The van der Waals surface area contributed by atoms with E-state index in [9.17, 15) is 9.59 Å². The number of hydrogen-bond donors (Lipinski definition) is 2. The second-order valence-corrected chi connectivity index (χ2v) is 9.38. The van der Waals surface area contributed by atoms with Crippen LogP contribution in [0.4, 0.5) is 5.69 Å². The third kappa shape index (κ3) is 14.4. The Hall–Kier alpha value is -1.88. The average molecular weight is 474 g/mol. The summed E-state index contributed by atoms with van der Waals surface area (Å²) in [6.45, 7) is 8.73. The van der Waals surface area contributed by atoms with Gasteiger partial charge in [-0.3, -0.25) is 9.59 Å². The van der Waals surface area contributed by atoms with Gasteiger partial charge < -0.3 is 15.5 Å². The molecule has 0 fully saturated rings. The standard InChI is InChI=1S/C29H51N3O2/c1-4-7-8-9-10-11-12-13-14-15-16-17-18-19-23-30-25-28(33)31-27-22-20-21-26(24-27)29(34)32(5-2)6-3/h20-22,24,30H,4-19,23,25H2,1-3H3,(H,31,33). The van der Waals surface area contributed by atoms with Crippen LogP contribution in [0.3, 0.4) is 0 Å². The molecule has 0 aromatic heterocycles. The minimum absolute atomic E-state index is 0.00275. The van der Waals surface area contributed by atoms with E-state index in [0.29, 0.717) is 30.9 Å². The fraction of sp³-hybridized carbons (Fsp3) is 0.724. The molecule has 0 atom stereocenters. The Kier molecular flexibility index (Phi) is 18.2. The van der Waals surface area contributed by atoms with Crippen LogP contribution in [-0.2, 0) is 4.79 Å². The van der Waals surface area contributed by atoms with Crippen molar-refractivity contribution in [2.75, 3.05) is 31.5 Å². The zero-order valence-corrected chi connectivity index (χ0v) is 22.3. The van der Waals surface area contributed by atoms with Gasteiger partial charge in [-0.1, -0.05) is 96.5 Å². The Morgan fingerprint density at radius 2 is 1.26 bits per heavy atom. The number of carbonyl (C=O) groups excluding carboxylic acids is 2. The molecule has 194 valence electrons. The van der Waals surface area contributed by atoms with Crippen molar-refractivity contribution in [3.63, 3.8) is 0 Å². The highest BCUT2D eigenvalue weighted by Gasteiger charge is 2.13. The number of unbranched alkanes of at least 4 members (excludes halogenated alkanes) is 13. The van der Waals surface area contributed by atoms with Crippen molar-refractivity contribution < 1.29 is 9.59 Å². The molecular formula is C29H51N3O2. The summed E-state index contributed by atoms with van der Waals surface area (Å²) in [5.41, 5.74) is 1.28. The van der Waals surface area contributed by atoms with Crippen LogP contribution in [0, 0.1) is 0 Å². The Morgan fingerprint density at radius 1 is 0.735 bits per heavy atom. The van der Waals surface area contributed by atoms with Crippen LogP contribution in [0.25, 0.3) is 0 Å². The number of amides is 2. The molecule has 0 saturated heterocycles. The molecule has 1 rings (SSSR count). The summed E-state index contributed by atoms with van der Waals surface area (Å²) in [5.74, 6) is -0.0742. The van der Waals surface area contributed by atoms with Crippen LogP contribution in [0.5, 0.6) is 0 Å². The van der Waals surface area contributed by atoms with Crippen molar-refractivity contribution in [3.05, 3.63) is 29.8 Å². The maximum atomic E-state index is 12.5. The number of hydrogen-bond acceptors (Lipinski definition) is 3. The van der Waals surface area contributed by atoms with Crippen LogP contribution in [0.2, 0.25) is 0 Å². The Labute approximate surface area is 209 Å². The first-order chi connectivity index (χ1) is 16.6. The number of anilines is 1. The van der Waals surface area contributed by atoms with Gasteiger partial charge in [0.2, 0.25) is 5.91 Å². The van der Waals surface area contributed by atoms with Crippen LogP contribution in [0.1, 0.15) is 121 Å². The SMILES string of the molecule is CCCCCCCCCCCCCCCCNCC(=O)Nc1cccc(C(=O)N(CC)CC)c1. The minimum Gasteiger partial charge on any atom is -0.339 e. The summed E-state index contributed by atoms with van der Waals surface area (Å²) in [6, 6.07) is 7.19. The molecule has 0 aliphatic heterocycles. The molecule has 5 nitrogen and oxygen atoms in total. The van der Waals surface area contributed by atoms with Crippen molar-refractivity contribution in [2.45, 2.75) is 111 Å². The molecule has 0 aliphatic carbocycles. The van der Waals surface area contributed by atoms with Gasteiger partial charge in [-0.2, -0.15) is 0 Å². The first-order valence-corrected chi connectivity index (χ1v) is 14.0. The van der Waals surface area contributed by atoms with Gasteiger partial charge in [0.25, 0.3) is 5.91 Å². The molecule has 0 bridgehead atoms. The van der Waals surface area contributed by atoms with Gasteiger partial charge in [-0.15, -0.1) is 0 Å². The maximum absolute atomic E-state index is 12.5. The van der Waals surface area contributed by atoms with Crippen molar-refractivity contribution in [2.24, 2.45) is 0 Å². The number of nitrogens with zero attached hydrogens (tertiary/aromatic N) is 1. The Balaban J connectivity index is 2.01. The van der Waals surface area contributed by atoms with E-state index < -0.39 is 0 Å². The molecule has 0 spiro atoms. The molecule has 2 N–H and O–H groups in total. The van der Waals surface area contributed by atoms with E-state index in [1.807, 2.05) is 26.0 Å². The smallest absolute Gasteiger partial charge is 0.253 e. The lowest BCUT2D eigenvalue weighted by atomic mass is 10.0. The molecule has 1 aromatic carbocycles. The van der Waals surface area contributed by atoms with Crippen molar-refractivity contribution >= 4 is 17.5 Å². The van der Waals surface area contributed by atoms with Crippen LogP contribution in [-0.4, -0.2) is 42.9 Å². The molecule has 0 saturated carbocycles. The lowest BCUT2D eigenvalue weighted by molar-refractivity contribution is -0.115. The predicted octanol–water partition coefficient (Wildman–Crippen LogP) is 7.18. The average Bonchev–Trinajstić information content (AvgIpc) is 2.84. The van der Waals surface area contributed by atoms with E-state index in [2.05, 4.69) is 17.6 Å². The predicted molar refractivity (Wildman–Crippen MR) is 146 cm³/mol. The summed E-state index contributed by atoms with van der Waals surface area (Å²) in [4.78, 5) is 26.5. The highest BCUT2D eigenvalue weighted by molar-refractivity contribution is 5.97. The van der Waals surface area contributed by atoms with Gasteiger partial charge >= 0.3 is 0 Å². The molecule has 2 amide bonds. The highest BCUT2D eigenvalue weighted by Crippen LogP contribution is 2.14. The molecular weight excluding hydrogens is 422 g/mol. The van der Waals surface area contributed by atoms with E-state index in [-0.39, 0.29) is 11.8 Å². The van der Waals surface area contributed by atoms with Crippen molar-refractivity contribution in [1.29, 1.82) is 0 Å². The van der Waals surface area contributed by atoms with Crippen molar-refractivity contribution in [1.82, 2.24) is 10.2 Å². The van der Waals surface area contributed by atoms with E-state index in [1.165, 1.54) is 83.5 Å². The lowest BCUT2D eigenvalue weighted by Crippen LogP contribution is -2.31. The molecule has 0 radical (unpaired) electrons. The summed E-state index contributed by atoms with van der Waals surface area (Å²) in [5, 5.41) is 6.13. The molecule has 1 aromatic rings. The Morgan fingerprint density at radius 3 is 1.79 bits per heavy atom. The molecule has 0 unspecified atom stereocenters. The second-order valence-electron chi connectivity index (χ2n) is 9.38. The minimum atomic E-state index is -0.0715. The van der Waals surface area contributed by atoms with Gasteiger partial charge in [-0.05, 0) is 45.0 Å². The summed E-state index contributed by atoms with van der Waals surface area (Å²) < 4.78 is 0. The molecule has 34 heavy (non-hydrogen) atoms. The Bertz CT molecular complexity index is 659. The van der Waals surface area contributed by atoms with Gasteiger partial charge in [-0.25, -0.2) is 0 Å². The zero-order valence-electron chi connectivity index (χ0n) is 22.3. The van der Waals surface area contributed by atoms with Crippen LogP contribution >= 0.6 is 0 Å². The quantitative estimate of drug-likeness (QED) is 0.186. The third-order valence-electron chi connectivity index (χ3n) is 6.44. The van der Waals surface area contributed by atoms with Crippen LogP contribution in [0.15, 0.2) is 24.3 Å². The number of benzene rings is 1. The number of nitrogens with one attached hydrogen (secondary N) is 2. The topological polar surface area (TPSA) is 61.4 Å². The van der Waals surface area contributed by atoms with Crippen molar-refractivity contribution in [3.8, 4) is 0 Å². The largest absolute Gasteiger partial charge is 0.339 e. The fourth-order valence-corrected chi connectivity index (χ4v) is 4.28. The highest BCUT2D eigenvalue weighted by atomic mass is 16.2. The second kappa shape index (κ2) is 20.5. The van der Waals surface area contributed by atoms with E-state index in [1.54, 1.807) is 17.0 Å². The fourth-order valence-electron chi connectivity index (χ4n) is 4.28. The zero-order chi connectivity index (χ0) is 24.9. The lowest BCUT2D eigenvalue weighted by Gasteiger charge is -2.19. The third-order valence-corrected chi connectivity index (χ3v) is 6.44. The van der Waals surface area contributed by atoms with Gasteiger partial charge in [0.15, 0.2) is 0 Å². The maximum Gasteiger partial charge on any atom is 0.253 e.